The lowest BCUT2D eigenvalue weighted by molar-refractivity contribution is 0.385. The molecule has 2 aromatic carbocycles. The standard InChI is InChI=1S/C21H23N3O2S/c1-16-6-3-4-8-19(16)23-12-14-24(15-13-23)27(25,26)20-10-9-17(2)21-18(20)7-5-11-22-21/h3-11H,12-15H2,1-2H3. The monoisotopic (exact) mass is 381 g/mol. The molecule has 1 aliphatic heterocycles. The minimum absolute atomic E-state index is 0.348. The highest BCUT2D eigenvalue weighted by atomic mass is 32.2. The predicted octanol–water partition coefficient (Wildman–Crippen LogP) is 3.36. The molecule has 4 rings (SSSR count). The molecule has 5 nitrogen and oxygen atoms in total. The summed E-state index contributed by atoms with van der Waals surface area (Å²) in [6.07, 6.45) is 1.70. The van der Waals surface area contributed by atoms with E-state index in [0.717, 1.165) is 11.1 Å². The zero-order valence-corrected chi connectivity index (χ0v) is 16.4. The first-order valence-electron chi connectivity index (χ1n) is 9.13. The van der Waals surface area contributed by atoms with Crippen LogP contribution in [0.25, 0.3) is 10.9 Å². The number of fused-ring (bicyclic) bond motifs is 1. The van der Waals surface area contributed by atoms with E-state index in [9.17, 15) is 8.42 Å². The van der Waals surface area contributed by atoms with Crippen molar-refractivity contribution in [3.05, 3.63) is 65.9 Å². The molecule has 2 heterocycles. The Morgan fingerprint density at radius 1 is 0.852 bits per heavy atom. The Balaban J connectivity index is 1.62. The molecule has 0 amide bonds. The van der Waals surface area contributed by atoms with E-state index < -0.39 is 10.0 Å². The molecule has 0 saturated carbocycles. The third-order valence-corrected chi connectivity index (χ3v) is 7.20. The van der Waals surface area contributed by atoms with Crippen LogP contribution in [0, 0.1) is 13.8 Å². The van der Waals surface area contributed by atoms with Gasteiger partial charge in [-0.1, -0.05) is 24.3 Å². The van der Waals surface area contributed by atoms with Crippen molar-refractivity contribution in [1.82, 2.24) is 9.29 Å². The SMILES string of the molecule is Cc1ccccc1N1CCN(S(=O)(=O)c2ccc(C)c3ncccc23)CC1. The van der Waals surface area contributed by atoms with Gasteiger partial charge in [-0.2, -0.15) is 4.31 Å². The molecule has 1 aromatic heterocycles. The van der Waals surface area contributed by atoms with Gasteiger partial charge in [0.05, 0.1) is 10.4 Å². The van der Waals surface area contributed by atoms with Gasteiger partial charge in [0.15, 0.2) is 0 Å². The van der Waals surface area contributed by atoms with Crippen molar-refractivity contribution in [3.63, 3.8) is 0 Å². The molecule has 0 N–H and O–H groups in total. The van der Waals surface area contributed by atoms with E-state index in [4.69, 9.17) is 0 Å². The summed E-state index contributed by atoms with van der Waals surface area (Å²) >= 11 is 0. The largest absolute Gasteiger partial charge is 0.369 e. The molecule has 6 heteroatoms. The second-order valence-corrected chi connectivity index (χ2v) is 8.86. The van der Waals surface area contributed by atoms with Gasteiger partial charge in [0.1, 0.15) is 0 Å². The molecule has 0 atom stereocenters. The van der Waals surface area contributed by atoms with Crippen LogP contribution in [0.2, 0.25) is 0 Å². The van der Waals surface area contributed by atoms with Gasteiger partial charge in [0.25, 0.3) is 0 Å². The van der Waals surface area contributed by atoms with E-state index in [2.05, 4.69) is 28.9 Å². The average Bonchev–Trinajstić information content (AvgIpc) is 2.69. The molecule has 0 bridgehead atoms. The fourth-order valence-corrected chi connectivity index (χ4v) is 5.34. The average molecular weight is 382 g/mol. The number of para-hydroxylation sites is 1. The predicted molar refractivity (Wildman–Crippen MR) is 109 cm³/mol. The number of hydrogen-bond acceptors (Lipinski definition) is 4. The number of piperazine rings is 1. The third-order valence-electron chi connectivity index (χ3n) is 5.24. The number of nitrogens with zero attached hydrogens (tertiary/aromatic N) is 3. The van der Waals surface area contributed by atoms with Gasteiger partial charge in [-0.05, 0) is 49.2 Å². The summed E-state index contributed by atoms with van der Waals surface area (Å²) in [6, 6.07) is 15.4. The molecule has 1 aliphatic rings. The van der Waals surface area contributed by atoms with Crippen LogP contribution in [-0.2, 0) is 10.0 Å². The van der Waals surface area contributed by atoms with E-state index in [1.165, 1.54) is 11.3 Å². The molecular weight excluding hydrogens is 358 g/mol. The Hall–Kier alpha value is -2.44. The van der Waals surface area contributed by atoms with Gasteiger partial charge in [-0.25, -0.2) is 8.42 Å². The van der Waals surface area contributed by atoms with Crippen LogP contribution in [0.15, 0.2) is 59.6 Å². The lowest BCUT2D eigenvalue weighted by atomic mass is 10.1. The van der Waals surface area contributed by atoms with E-state index in [0.29, 0.717) is 36.5 Å². The lowest BCUT2D eigenvalue weighted by Gasteiger charge is -2.36. The smallest absolute Gasteiger partial charge is 0.243 e. The number of rotatable bonds is 3. The summed E-state index contributed by atoms with van der Waals surface area (Å²) in [5, 5.41) is 0.693. The highest BCUT2D eigenvalue weighted by molar-refractivity contribution is 7.89. The van der Waals surface area contributed by atoms with Crippen molar-refractivity contribution in [2.24, 2.45) is 0 Å². The highest BCUT2D eigenvalue weighted by Crippen LogP contribution is 2.28. The quantitative estimate of drug-likeness (QED) is 0.698. The zero-order chi connectivity index (χ0) is 19.0. The number of benzene rings is 2. The normalized spacial score (nSPS) is 16.0. The van der Waals surface area contributed by atoms with Crippen molar-refractivity contribution in [2.45, 2.75) is 18.7 Å². The molecule has 0 aliphatic carbocycles. The van der Waals surface area contributed by atoms with Crippen molar-refractivity contribution in [3.8, 4) is 0 Å². The summed E-state index contributed by atoms with van der Waals surface area (Å²) in [6.45, 7) is 6.37. The van der Waals surface area contributed by atoms with Gasteiger partial charge in [-0.15, -0.1) is 0 Å². The Bertz CT molecular complexity index is 1090. The summed E-state index contributed by atoms with van der Waals surface area (Å²) in [5.41, 5.74) is 4.12. The van der Waals surface area contributed by atoms with E-state index >= 15 is 0 Å². The van der Waals surface area contributed by atoms with Gasteiger partial charge < -0.3 is 4.90 Å². The van der Waals surface area contributed by atoms with Crippen LogP contribution in [0.3, 0.4) is 0 Å². The summed E-state index contributed by atoms with van der Waals surface area (Å²) in [4.78, 5) is 6.98. The van der Waals surface area contributed by atoms with Gasteiger partial charge in [0, 0.05) is 43.4 Å². The molecule has 1 saturated heterocycles. The summed E-state index contributed by atoms with van der Waals surface area (Å²) < 4.78 is 28.2. The highest BCUT2D eigenvalue weighted by Gasteiger charge is 2.30. The first-order valence-corrected chi connectivity index (χ1v) is 10.6. The lowest BCUT2D eigenvalue weighted by Crippen LogP contribution is -2.48. The summed E-state index contributed by atoms with van der Waals surface area (Å²) in [7, 11) is -3.55. The molecule has 140 valence electrons. The second-order valence-electron chi connectivity index (χ2n) is 6.96. The van der Waals surface area contributed by atoms with Crippen LogP contribution in [-0.4, -0.2) is 43.9 Å². The fourth-order valence-electron chi connectivity index (χ4n) is 3.74. The van der Waals surface area contributed by atoms with E-state index in [1.807, 2.05) is 31.2 Å². The second kappa shape index (κ2) is 6.94. The van der Waals surface area contributed by atoms with Crippen LogP contribution >= 0.6 is 0 Å². The first-order chi connectivity index (χ1) is 13.0. The minimum atomic E-state index is -3.55. The van der Waals surface area contributed by atoms with Crippen LogP contribution in [0.5, 0.6) is 0 Å². The maximum absolute atomic E-state index is 13.3. The number of aryl methyl sites for hydroxylation is 2. The Morgan fingerprint density at radius 3 is 2.33 bits per heavy atom. The maximum atomic E-state index is 13.3. The minimum Gasteiger partial charge on any atom is -0.369 e. The van der Waals surface area contributed by atoms with Crippen molar-refractivity contribution in [1.29, 1.82) is 0 Å². The third kappa shape index (κ3) is 3.19. The Morgan fingerprint density at radius 2 is 1.59 bits per heavy atom. The molecule has 1 fully saturated rings. The van der Waals surface area contributed by atoms with E-state index in [-0.39, 0.29) is 0 Å². The maximum Gasteiger partial charge on any atom is 0.243 e. The number of sulfonamides is 1. The molecule has 27 heavy (non-hydrogen) atoms. The number of anilines is 1. The van der Waals surface area contributed by atoms with Crippen LogP contribution < -0.4 is 4.90 Å². The fraction of sp³-hybridized carbons (Fsp3) is 0.286. The Kier molecular flexibility index (Phi) is 4.61. The van der Waals surface area contributed by atoms with Crippen LogP contribution in [0.1, 0.15) is 11.1 Å². The first kappa shape index (κ1) is 17.9. The molecule has 3 aromatic rings. The molecular formula is C21H23N3O2S. The zero-order valence-electron chi connectivity index (χ0n) is 15.6. The molecule has 0 spiro atoms. The van der Waals surface area contributed by atoms with Crippen molar-refractivity contribution in [2.75, 3.05) is 31.1 Å². The number of pyridine rings is 1. The summed E-state index contributed by atoms with van der Waals surface area (Å²) in [5.74, 6) is 0. The van der Waals surface area contributed by atoms with Crippen LogP contribution in [0.4, 0.5) is 5.69 Å². The topological polar surface area (TPSA) is 53.5 Å². The number of hydrogen-bond donors (Lipinski definition) is 0. The van der Waals surface area contributed by atoms with E-state index in [1.54, 1.807) is 22.6 Å². The van der Waals surface area contributed by atoms with Crippen molar-refractivity contribution < 1.29 is 8.42 Å². The Labute approximate surface area is 160 Å². The van der Waals surface area contributed by atoms with Gasteiger partial charge in [0.2, 0.25) is 10.0 Å². The number of aromatic nitrogens is 1. The molecule has 0 unspecified atom stereocenters. The van der Waals surface area contributed by atoms with Crippen molar-refractivity contribution >= 4 is 26.6 Å². The van der Waals surface area contributed by atoms with Gasteiger partial charge in [-0.3, -0.25) is 4.98 Å². The molecule has 0 radical (unpaired) electrons. The van der Waals surface area contributed by atoms with Gasteiger partial charge >= 0.3 is 0 Å².